The molecule has 0 saturated carbocycles. The third-order valence-corrected chi connectivity index (χ3v) is 3.19. The van der Waals surface area contributed by atoms with E-state index in [9.17, 15) is 5.11 Å². The Hall–Kier alpha value is -1.81. The number of rotatable bonds is 5. The normalized spacial score (nSPS) is 12.4. The molecular weight excluding hydrogens is 240 g/mol. The van der Waals surface area contributed by atoms with Crippen LogP contribution in [0.1, 0.15) is 30.0 Å². The Morgan fingerprint density at radius 1 is 1.37 bits per heavy atom. The highest BCUT2D eigenvalue weighted by atomic mass is 16.5. The maximum Gasteiger partial charge on any atom is 0.124 e. The smallest absolute Gasteiger partial charge is 0.124 e. The van der Waals surface area contributed by atoms with E-state index in [-0.39, 0.29) is 0 Å². The summed E-state index contributed by atoms with van der Waals surface area (Å²) >= 11 is 0. The molecule has 1 aromatic carbocycles. The zero-order chi connectivity index (χ0) is 13.8. The maximum atomic E-state index is 10.4. The largest absolute Gasteiger partial charge is 0.496 e. The van der Waals surface area contributed by atoms with Gasteiger partial charge in [0, 0.05) is 24.2 Å². The summed E-state index contributed by atoms with van der Waals surface area (Å²) < 4.78 is 7.21. The molecule has 1 atom stereocenters. The summed E-state index contributed by atoms with van der Waals surface area (Å²) in [5.41, 5.74) is 2.83. The Bertz CT molecular complexity index is 549. The average Bonchev–Trinajstić information content (AvgIpc) is 2.78. The lowest BCUT2D eigenvalue weighted by atomic mass is 10.0. The van der Waals surface area contributed by atoms with Gasteiger partial charge in [0.1, 0.15) is 5.75 Å². The highest BCUT2D eigenvalue weighted by Crippen LogP contribution is 2.27. The van der Waals surface area contributed by atoms with Crippen molar-refractivity contribution in [3.63, 3.8) is 0 Å². The third kappa shape index (κ3) is 2.96. The number of aromatic nitrogens is 2. The first-order chi connectivity index (χ1) is 9.15. The Balaban J connectivity index is 2.22. The predicted molar refractivity (Wildman–Crippen MR) is 74.3 cm³/mol. The molecule has 2 aromatic rings. The minimum atomic E-state index is -0.586. The first-order valence-corrected chi connectivity index (χ1v) is 6.50. The van der Waals surface area contributed by atoms with E-state index in [1.165, 1.54) is 0 Å². The van der Waals surface area contributed by atoms with Crippen molar-refractivity contribution in [3.8, 4) is 5.75 Å². The molecule has 0 radical (unpaired) electrons. The van der Waals surface area contributed by atoms with Gasteiger partial charge < -0.3 is 9.84 Å². The summed E-state index contributed by atoms with van der Waals surface area (Å²) in [6.07, 6.45) is -0.0488. The van der Waals surface area contributed by atoms with Crippen molar-refractivity contribution < 1.29 is 9.84 Å². The SMILES string of the molecule is CCn1nc(C)cc1CC(O)c1ccccc1OC. The van der Waals surface area contributed by atoms with Crippen LogP contribution >= 0.6 is 0 Å². The average molecular weight is 260 g/mol. The number of aryl methyl sites for hydroxylation is 2. The fraction of sp³-hybridized carbons (Fsp3) is 0.400. The van der Waals surface area contributed by atoms with Crippen molar-refractivity contribution in [2.75, 3.05) is 7.11 Å². The predicted octanol–water partition coefficient (Wildman–Crippen LogP) is 2.50. The summed E-state index contributed by atoms with van der Waals surface area (Å²) in [4.78, 5) is 0. The van der Waals surface area contributed by atoms with Gasteiger partial charge in [0.15, 0.2) is 0 Å². The molecule has 0 aliphatic heterocycles. The molecule has 4 heteroatoms. The molecule has 0 saturated heterocycles. The van der Waals surface area contributed by atoms with Crippen LogP contribution in [-0.2, 0) is 13.0 Å². The highest BCUT2D eigenvalue weighted by Gasteiger charge is 2.16. The second-order valence-corrected chi connectivity index (χ2v) is 4.55. The van der Waals surface area contributed by atoms with E-state index in [1.807, 2.05) is 48.9 Å². The lowest BCUT2D eigenvalue weighted by molar-refractivity contribution is 0.171. The fourth-order valence-electron chi connectivity index (χ4n) is 2.29. The van der Waals surface area contributed by atoms with Crippen LogP contribution in [-0.4, -0.2) is 22.0 Å². The fourth-order valence-corrected chi connectivity index (χ4v) is 2.29. The molecule has 1 aromatic heterocycles. The summed E-state index contributed by atoms with van der Waals surface area (Å²) in [6, 6.07) is 9.57. The third-order valence-electron chi connectivity index (χ3n) is 3.19. The summed E-state index contributed by atoms with van der Waals surface area (Å²) in [7, 11) is 1.62. The Labute approximate surface area is 113 Å². The molecule has 0 amide bonds. The summed E-state index contributed by atoms with van der Waals surface area (Å²) in [5, 5.41) is 14.8. The number of benzene rings is 1. The molecule has 1 heterocycles. The van der Waals surface area contributed by atoms with Gasteiger partial charge in [-0.3, -0.25) is 4.68 Å². The monoisotopic (exact) mass is 260 g/mol. The molecule has 0 bridgehead atoms. The lowest BCUT2D eigenvalue weighted by Crippen LogP contribution is -2.09. The van der Waals surface area contributed by atoms with E-state index in [0.29, 0.717) is 12.2 Å². The van der Waals surface area contributed by atoms with Crippen LogP contribution in [0.3, 0.4) is 0 Å². The van der Waals surface area contributed by atoms with Crippen molar-refractivity contribution in [1.82, 2.24) is 9.78 Å². The zero-order valence-electron chi connectivity index (χ0n) is 11.6. The van der Waals surface area contributed by atoms with Gasteiger partial charge in [-0.1, -0.05) is 18.2 Å². The van der Waals surface area contributed by atoms with E-state index >= 15 is 0 Å². The number of ether oxygens (including phenoxy) is 1. The quantitative estimate of drug-likeness (QED) is 0.898. The van der Waals surface area contributed by atoms with Crippen molar-refractivity contribution in [1.29, 1.82) is 0 Å². The van der Waals surface area contributed by atoms with Gasteiger partial charge in [-0.15, -0.1) is 0 Å². The number of hydrogen-bond donors (Lipinski definition) is 1. The number of methoxy groups -OCH3 is 1. The van der Waals surface area contributed by atoms with Gasteiger partial charge >= 0.3 is 0 Å². The summed E-state index contributed by atoms with van der Waals surface area (Å²) in [5.74, 6) is 0.717. The molecular formula is C15H20N2O2. The van der Waals surface area contributed by atoms with E-state index in [2.05, 4.69) is 5.10 Å². The Morgan fingerprint density at radius 3 is 2.79 bits per heavy atom. The van der Waals surface area contributed by atoms with E-state index in [4.69, 9.17) is 4.74 Å². The molecule has 2 rings (SSSR count). The van der Waals surface area contributed by atoms with E-state index in [1.54, 1.807) is 7.11 Å². The van der Waals surface area contributed by atoms with Crippen molar-refractivity contribution in [2.24, 2.45) is 0 Å². The zero-order valence-corrected chi connectivity index (χ0v) is 11.6. The Morgan fingerprint density at radius 2 is 2.11 bits per heavy atom. The van der Waals surface area contributed by atoms with Crippen LogP contribution in [0.2, 0.25) is 0 Å². The van der Waals surface area contributed by atoms with Gasteiger partial charge in [0.2, 0.25) is 0 Å². The van der Waals surface area contributed by atoms with E-state index < -0.39 is 6.10 Å². The number of aliphatic hydroxyl groups excluding tert-OH is 1. The van der Waals surface area contributed by atoms with Crippen molar-refractivity contribution >= 4 is 0 Å². The highest BCUT2D eigenvalue weighted by molar-refractivity contribution is 5.35. The molecule has 0 aliphatic carbocycles. The van der Waals surface area contributed by atoms with Crippen LogP contribution in [0.5, 0.6) is 5.75 Å². The van der Waals surface area contributed by atoms with Crippen molar-refractivity contribution in [3.05, 3.63) is 47.3 Å². The van der Waals surface area contributed by atoms with Crippen LogP contribution in [0, 0.1) is 6.92 Å². The van der Waals surface area contributed by atoms with Crippen molar-refractivity contribution in [2.45, 2.75) is 32.9 Å². The van der Waals surface area contributed by atoms with Gasteiger partial charge in [0.25, 0.3) is 0 Å². The van der Waals surface area contributed by atoms with Gasteiger partial charge in [-0.05, 0) is 26.0 Å². The molecule has 0 aliphatic rings. The minimum Gasteiger partial charge on any atom is -0.496 e. The van der Waals surface area contributed by atoms with Gasteiger partial charge in [0.05, 0.1) is 18.9 Å². The van der Waals surface area contributed by atoms with Gasteiger partial charge in [-0.2, -0.15) is 5.10 Å². The second kappa shape index (κ2) is 5.89. The standard InChI is InChI=1S/C15H20N2O2/c1-4-17-12(9-11(2)16-17)10-14(18)13-7-5-6-8-15(13)19-3/h5-9,14,18H,4,10H2,1-3H3. The van der Waals surface area contributed by atoms with Crippen LogP contribution < -0.4 is 4.74 Å². The molecule has 0 spiro atoms. The summed E-state index contributed by atoms with van der Waals surface area (Å²) in [6.45, 7) is 4.82. The first kappa shape index (κ1) is 13.6. The lowest BCUT2D eigenvalue weighted by Gasteiger charge is -2.15. The number of hydrogen-bond acceptors (Lipinski definition) is 3. The molecule has 4 nitrogen and oxygen atoms in total. The second-order valence-electron chi connectivity index (χ2n) is 4.55. The molecule has 0 fully saturated rings. The maximum absolute atomic E-state index is 10.4. The van der Waals surface area contributed by atoms with Crippen LogP contribution in [0.25, 0.3) is 0 Å². The van der Waals surface area contributed by atoms with Crippen LogP contribution in [0.4, 0.5) is 0 Å². The molecule has 102 valence electrons. The minimum absolute atomic E-state index is 0.537. The van der Waals surface area contributed by atoms with Crippen LogP contribution in [0.15, 0.2) is 30.3 Å². The molecule has 1 unspecified atom stereocenters. The Kier molecular flexibility index (Phi) is 4.22. The molecule has 19 heavy (non-hydrogen) atoms. The first-order valence-electron chi connectivity index (χ1n) is 6.50. The molecule has 1 N–H and O–H groups in total. The topological polar surface area (TPSA) is 47.3 Å². The number of aliphatic hydroxyl groups is 1. The van der Waals surface area contributed by atoms with E-state index in [0.717, 1.165) is 23.5 Å². The number of para-hydroxylation sites is 1. The van der Waals surface area contributed by atoms with Gasteiger partial charge in [-0.25, -0.2) is 0 Å². The number of nitrogens with zero attached hydrogens (tertiary/aromatic N) is 2.